The van der Waals surface area contributed by atoms with Crippen molar-refractivity contribution in [2.75, 3.05) is 23.7 Å². The Labute approximate surface area is 231 Å². The number of nitrogens with zero attached hydrogens (tertiary/aromatic N) is 2. The Morgan fingerprint density at radius 2 is 1.62 bits per heavy atom. The molecular formula is C30H37N3O5S. The summed E-state index contributed by atoms with van der Waals surface area (Å²) in [6, 6.07) is 23.1. The normalized spacial score (nSPS) is 11.9. The first-order chi connectivity index (χ1) is 18.6. The fourth-order valence-electron chi connectivity index (χ4n) is 4.05. The van der Waals surface area contributed by atoms with E-state index in [-0.39, 0.29) is 12.5 Å². The highest BCUT2D eigenvalue weighted by Gasteiger charge is 2.30. The lowest BCUT2D eigenvalue weighted by atomic mass is 10.1. The molecule has 3 aromatic rings. The molecule has 0 spiro atoms. The van der Waals surface area contributed by atoms with Gasteiger partial charge in [-0.15, -0.1) is 0 Å². The highest BCUT2D eigenvalue weighted by molar-refractivity contribution is 7.92. The summed E-state index contributed by atoms with van der Waals surface area (Å²) in [5.74, 6) is -0.196. The molecule has 39 heavy (non-hydrogen) atoms. The van der Waals surface area contributed by atoms with E-state index < -0.39 is 28.5 Å². The van der Waals surface area contributed by atoms with Crippen molar-refractivity contribution in [1.29, 1.82) is 0 Å². The molecule has 0 heterocycles. The van der Waals surface area contributed by atoms with Crippen LogP contribution in [0.15, 0.2) is 78.9 Å². The van der Waals surface area contributed by atoms with E-state index in [0.29, 0.717) is 24.6 Å². The quantitative estimate of drug-likeness (QED) is 0.342. The summed E-state index contributed by atoms with van der Waals surface area (Å²) in [5, 5.41) is 2.83. The molecule has 0 aromatic heterocycles. The molecule has 208 valence electrons. The second-order valence-corrected chi connectivity index (χ2v) is 11.4. The Morgan fingerprint density at radius 1 is 0.949 bits per heavy atom. The van der Waals surface area contributed by atoms with E-state index in [4.69, 9.17) is 4.74 Å². The SMILES string of the molecule is CCCNC(=O)[C@@H](C)N(Cc1cccc(C)c1)C(=O)CN(c1ccc(OCc2ccccc2)cc1)S(C)(=O)=O. The summed E-state index contributed by atoms with van der Waals surface area (Å²) in [4.78, 5) is 27.9. The molecule has 8 nitrogen and oxygen atoms in total. The molecule has 0 radical (unpaired) electrons. The first-order valence-electron chi connectivity index (χ1n) is 13.0. The Balaban J connectivity index is 1.81. The van der Waals surface area contributed by atoms with Crippen molar-refractivity contribution in [3.63, 3.8) is 0 Å². The van der Waals surface area contributed by atoms with Crippen LogP contribution in [-0.2, 0) is 32.8 Å². The lowest BCUT2D eigenvalue weighted by Crippen LogP contribution is -2.51. The summed E-state index contributed by atoms with van der Waals surface area (Å²) < 4.78 is 32.4. The van der Waals surface area contributed by atoms with Crippen molar-refractivity contribution in [1.82, 2.24) is 10.2 Å². The standard InChI is InChI=1S/C30H37N3O5S/c1-5-18-31-30(35)24(3)32(20-26-13-9-10-23(2)19-26)29(34)21-33(39(4,36)37)27-14-16-28(17-15-27)38-22-25-11-7-6-8-12-25/h6-17,19,24H,5,18,20-22H2,1-4H3,(H,31,35)/t24-/m1/s1. The van der Waals surface area contributed by atoms with Crippen molar-refractivity contribution in [2.24, 2.45) is 0 Å². The van der Waals surface area contributed by atoms with Gasteiger partial charge in [0.1, 0.15) is 24.9 Å². The first kappa shape index (κ1) is 29.7. The van der Waals surface area contributed by atoms with Crippen LogP contribution in [0.4, 0.5) is 5.69 Å². The van der Waals surface area contributed by atoms with Gasteiger partial charge in [-0.3, -0.25) is 13.9 Å². The number of ether oxygens (including phenoxy) is 1. The topological polar surface area (TPSA) is 96.0 Å². The van der Waals surface area contributed by atoms with E-state index in [2.05, 4.69) is 5.32 Å². The second kappa shape index (κ2) is 13.8. The number of nitrogens with one attached hydrogen (secondary N) is 1. The molecule has 3 rings (SSSR count). The molecule has 0 fully saturated rings. The van der Waals surface area contributed by atoms with Gasteiger partial charge in [0.15, 0.2) is 0 Å². The molecule has 1 N–H and O–H groups in total. The Bertz CT molecular complexity index is 1340. The van der Waals surface area contributed by atoms with E-state index in [9.17, 15) is 18.0 Å². The van der Waals surface area contributed by atoms with Gasteiger partial charge in [-0.25, -0.2) is 8.42 Å². The second-order valence-electron chi connectivity index (χ2n) is 9.52. The van der Waals surface area contributed by atoms with Gasteiger partial charge >= 0.3 is 0 Å². The number of hydrogen-bond donors (Lipinski definition) is 1. The zero-order valence-electron chi connectivity index (χ0n) is 23.0. The van der Waals surface area contributed by atoms with Crippen molar-refractivity contribution < 1.29 is 22.7 Å². The van der Waals surface area contributed by atoms with Crippen molar-refractivity contribution in [3.05, 3.63) is 95.6 Å². The van der Waals surface area contributed by atoms with Crippen LogP contribution in [0.1, 0.15) is 37.0 Å². The highest BCUT2D eigenvalue weighted by Crippen LogP contribution is 2.23. The summed E-state index contributed by atoms with van der Waals surface area (Å²) in [7, 11) is -3.81. The van der Waals surface area contributed by atoms with Crippen molar-refractivity contribution in [3.8, 4) is 5.75 Å². The van der Waals surface area contributed by atoms with Gasteiger partial charge in [-0.1, -0.05) is 67.1 Å². The minimum Gasteiger partial charge on any atom is -0.489 e. The summed E-state index contributed by atoms with van der Waals surface area (Å²) in [6.45, 7) is 6.14. The van der Waals surface area contributed by atoms with Crippen LogP contribution < -0.4 is 14.4 Å². The van der Waals surface area contributed by atoms with Crippen LogP contribution in [0, 0.1) is 6.92 Å². The molecule has 0 saturated heterocycles. The van der Waals surface area contributed by atoms with Crippen LogP contribution >= 0.6 is 0 Å². The van der Waals surface area contributed by atoms with Gasteiger partial charge in [0, 0.05) is 13.1 Å². The van der Waals surface area contributed by atoms with E-state index >= 15 is 0 Å². The molecule has 2 amide bonds. The van der Waals surface area contributed by atoms with Crippen LogP contribution in [-0.4, -0.2) is 50.5 Å². The summed E-state index contributed by atoms with van der Waals surface area (Å²) in [5.41, 5.74) is 3.21. The van der Waals surface area contributed by atoms with Gasteiger partial charge < -0.3 is 15.0 Å². The van der Waals surface area contributed by atoms with E-state index in [1.165, 1.54) is 4.90 Å². The molecule has 9 heteroatoms. The van der Waals surface area contributed by atoms with Crippen LogP contribution in [0.5, 0.6) is 5.75 Å². The van der Waals surface area contributed by atoms with Gasteiger partial charge in [-0.2, -0.15) is 0 Å². The molecule has 0 unspecified atom stereocenters. The highest BCUT2D eigenvalue weighted by atomic mass is 32.2. The summed E-state index contributed by atoms with van der Waals surface area (Å²) in [6.07, 6.45) is 1.82. The minimum absolute atomic E-state index is 0.172. The minimum atomic E-state index is -3.81. The number of rotatable bonds is 13. The molecular weight excluding hydrogens is 514 g/mol. The monoisotopic (exact) mass is 551 g/mol. The van der Waals surface area contributed by atoms with E-state index in [1.807, 2.05) is 68.4 Å². The lowest BCUT2D eigenvalue weighted by molar-refractivity contribution is -0.139. The third-order valence-corrected chi connectivity index (χ3v) is 7.34. The van der Waals surface area contributed by atoms with E-state index in [0.717, 1.165) is 33.7 Å². The maximum atomic E-state index is 13.6. The summed E-state index contributed by atoms with van der Waals surface area (Å²) >= 11 is 0. The lowest BCUT2D eigenvalue weighted by Gasteiger charge is -2.31. The molecule has 0 saturated carbocycles. The number of amides is 2. The number of anilines is 1. The average Bonchev–Trinajstić information content (AvgIpc) is 2.92. The largest absolute Gasteiger partial charge is 0.489 e. The van der Waals surface area contributed by atoms with Gasteiger partial charge in [0.05, 0.1) is 11.9 Å². The predicted molar refractivity (Wildman–Crippen MR) is 154 cm³/mol. The molecule has 0 aliphatic carbocycles. The zero-order chi connectivity index (χ0) is 28.4. The third kappa shape index (κ3) is 8.85. The Hall–Kier alpha value is -3.85. The van der Waals surface area contributed by atoms with Crippen molar-refractivity contribution in [2.45, 2.75) is 46.4 Å². The first-order valence-corrected chi connectivity index (χ1v) is 14.8. The van der Waals surface area contributed by atoms with Crippen molar-refractivity contribution >= 4 is 27.5 Å². The van der Waals surface area contributed by atoms with Gasteiger partial charge in [0.25, 0.3) is 0 Å². The number of benzene rings is 3. The van der Waals surface area contributed by atoms with Crippen LogP contribution in [0.3, 0.4) is 0 Å². The van der Waals surface area contributed by atoms with Gasteiger partial charge in [0.2, 0.25) is 21.8 Å². The zero-order valence-corrected chi connectivity index (χ0v) is 23.8. The van der Waals surface area contributed by atoms with E-state index in [1.54, 1.807) is 31.2 Å². The fourth-order valence-corrected chi connectivity index (χ4v) is 4.90. The number of sulfonamides is 1. The molecule has 0 bridgehead atoms. The number of carbonyl (C=O) groups excluding carboxylic acids is 2. The fraction of sp³-hybridized carbons (Fsp3) is 0.333. The number of hydrogen-bond acceptors (Lipinski definition) is 5. The maximum Gasteiger partial charge on any atom is 0.244 e. The molecule has 0 aliphatic rings. The van der Waals surface area contributed by atoms with Gasteiger partial charge in [-0.05, 0) is 55.7 Å². The smallest absolute Gasteiger partial charge is 0.244 e. The molecule has 0 aliphatic heterocycles. The van der Waals surface area contributed by atoms with Crippen LogP contribution in [0.2, 0.25) is 0 Å². The Morgan fingerprint density at radius 3 is 2.23 bits per heavy atom. The Kier molecular flexibility index (Phi) is 10.5. The number of aryl methyl sites for hydroxylation is 1. The molecule has 3 aromatic carbocycles. The predicted octanol–water partition coefficient (Wildman–Crippen LogP) is 4.28. The third-order valence-electron chi connectivity index (χ3n) is 6.20. The average molecular weight is 552 g/mol. The van der Waals surface area contributed by atoms with Crippen LogP contribution in [0.25, 0.3) is 0 Å². The number of carbonyl (C=O) groups is 2. The maximum absolute atomic E-state index is 13.6. The molecule has 1 atom stereocenters.